The van der Waals surface area contributed by atoms with E-state index in [0.29, 0.717) is 11.1 Å². The molecule has 2 heterocycles. The summed E-state index contributed by atoms with van der Waals surface area (Å²) in [6.45, 7) is 0. The van der Waals surface area contributed by atoms with Crippen LogP contribution in [0.5, 0.6) is 6.01 Å². The maximum atomic E-state index is 10.7. The molecule has 2 rings (SSSR count). The topological polar surface area (TPSA) is 134 Å². The van der Waals surface area contributed by atoms with Crippen molar-refractivity contribution in [1.82, 2.24) is 29.7 Å². The third-order valence-corrected chi connectivity index (χ3v) is 2.90. The molecule has 2 aromatic rings. The van der Waals surface area contributed by atoms with Gasteiger partial charge < -0.3 is 15.8 Å². The normalized spacial score (nSPS) is 10.3. The molecule has 0 aliphatic rings. The van der Waals surface area contributed by atoms with E-state index in [9.17, 15) is 4.79 Å². The minimum atomic E-state index is -0.439. The van der Waals surface area contributed by atoms with E-state index >= 15 is 0 Å². The molecular formula is C9H12N8O2S. The zero-order valence-corrected chi connectivity index (χ0v) is 11.6. The summed E-state index contributed by atoms with van der Waals surface area (Å²) in [5, 5.41) is 7.31. The van der Waals surface area contributed by atoms with E-state index < -0.39 is 5.91 Å². The molecule has 3 N–H and O–H groups in total. The van der Waals surface area contributed by atoms with Gasteiger partial charge in [0.05, 0.1) is 12.9 Å². The van der Waals surface area contributed by atoms with Gasteiger partial charge in [0.1, 0.15) is 6.33 Å². The minimum absolute atomic E-state index is 0.103. The highest BCUT2D eigenvalue weighted by Crippen LogP contribution is 2.14. The summed E-state index contributed by atoms with van der Waals surface area (Å²) in [7, 11) is 3.13. The van der Waals surface area contributed by atoms with E-state index in [4.69, 9.17) is 10.5 Å². The summed E-state index contributed by atoms with van der Waals surface area (Å²) < 4.78 is 6.33. The van der Waals surface area contributed by atoms with Gasteiger partial charge in [0, 0.05) is 7.05 Å². The fourth-order valence-corrected chi connectivity index (χ4v) is 1.74. The lowest BCUT2D eigenvalue weighted by atomic mass is 10.8. The number of aromatic nitrogens is 6. The molecule has 20 heavy (non-hydrogen) atoms. The number of methoxy groups -OCH3 is 1. The van der Waals surface area contributed by atoms with Crippen LogP contribution in [0.4, 0.5) is 5.95 Å². The number of primary amides is 1. The van der Waals surface area contributed by atoms with Crippen LogP contribution in [0.2, 0.25) is 0 Å². The third-order valence-electron chi connectivity index (χ3n) is 2.03. The van der Waals surface area contributed by atoms with Crippen molar-refractivity contribution in [2.75, 3.05) is 25.2 Å². The number of nitrogens with zero attached hydrogens (tertiary/aromatic N) is 6. The van der Waals surface area contributed by atoms with Crippen molar-refractivity contribution in [2.24, 2.45) is 5.73 Å². The number of ether oxygens (including phenoxy) is 1. The molecule has 0 saturated heterocycles. The average Bonchev–Trinajstić information content (AvgIpc) is 2.93. The number of hydrogen-bond donors (Lipinski definition) is 2. The Morgan fingerprint density at radius 3 is 2.95 bits per heavy atom. The number of nitrogens with one attached hydrogen (secondary N) is 1. The van der Waals surface area contributed by atoms with E-state index in [1.54, 1.807) is 7.05 Å². The van der Waals surface area contributed by atoms with Crippen LogP contribution in [-0.4, -0.2) is 55.5 Å². The molecule has 0 aromatic carbocycles. The van der Waals surface area contributed by atoms with Crippen molar-refractivity contribution in [3.8, 4) is 12.0 Å². The molecule has 0 saturated carbocycles. The summed E-state index contributed by atoms with van der Waals surface area (Å²) in [5.41, 5.74) is 5.05. The maximum Gasteiger partial charge on any atom is 0.322 e. The average molecular weight is 296 g/mol. The van der Waals surface area contributed by atoms with Crippen molar-refractivity contribution in [2.45, 2.75) is 5.16 Å². The molecule has 2 aromatic heterocycles. The molecule has 0 aliphatic carbocycles. The summed E-state index contributed by atoms with van der Waals surface area (Å²) in [6, 6.07) is 0.154. The number of hydrogen-bond acceptors (Lipinski definition) is 9. The van der Waals surface area contributed by atoms with E-state index in [1.807, 2.05) is 0 Å². The van der Waals surface area contributed by atoms with Crippen molar-refractivity contribution in [3.63, 3.8) is 0 Å². The second kappa shape index (κ2) is 6.14. The summed E-state index contributed by atoms with van der Waals surface area (Å²) in [5.74, 6) is 0.255. The number of anilines is 1. The van der Waals surface area contributed by atoms with Crippen molar-refractivity contribution >= 4 is 23.6 Å². The molecule has 106 valence electrons. The van der Waals surface area contributed by atoms with Crippen LogP contribution < -0.4 is 15.8 Å². The lowest BCUT2D eigenvalue weighted by molar-refractivity contribution is -0.115. The van der Waals surface area contributed by atoms with E-state index in [2.05, 4.69) is 30.4 Å². The number of carbonyl (C=O) groups is 1. The quantitative estimate of drug-likeness (QED) is 0.649. The fourth-order valence-electron chi connectivity index (χ4n) is 1.20. The van der Waals surface area contributed by atoms with Gasteiger partial charge in [0.15, 0.2) is 0 Å². The number of nitrogens with two attached hydrogens (primary N) is 1. The highest BCUT2D eigenvalue weighted by Gasteiger charge is 2.11. The van der Waals surface area contributed by atoms with Crippen molar-refractivity contribution < 1.29 is 9.53 Å². The summed E-state index contributed by atoms with van der Waals surface area (Å²) in [4.78, 5) is 26.9. The molecule has 0 atom stereocenters. The first-order valence-electron chi connectivity index (χ1n) is 5.43. The maximum absolute atomic E-state index is 10.7. The molecule has 11 heteroatoms. The predicted octanol–water partition coefficient (Wildman–Crippen LogP) is -0.920. The van der Waals surface area contributed by atoms with Gasteiger partial charge in [-0.15, -0.1) is 5.10 Å². The van der Waals surface area contributed by atoms with Crippen LogP contribution in [0.25, 0.3) is 5.95 Å². The van der Waals surface area contributed by atoms with Crippen LogP contribution in [0.15, 0.2) is 11.5 Å². The minimum Gasteiger partial charge on any atom is -0.467 e. The SMILES string of the molecule is CNc1nc(OC)nc(-n2cnc(SCC(N)=O)n2)n1. The first-order chi connectivity index (χ1) is 9.62. The zero-order valence-electron chi connectivity index (χ0n) is 10.8. The van der Waals surface area contributed by atoms with E-state index in [1.165, 1.54) is 18.1 Å². The Balaban J connectivity index is 2.24. The van der Waals surface area contributed by atoms with Gasteiger partial charge in [-0.05, 0) is 0 Å². The third kappa shape index (κ3) is 3.32. The predicted molar refractivity (Wildman–Crippen MR) is 70.8 cm³/mol. The first kappa shape index (κ1) is 14.0. The van der Waals surface area contributed by atoms with Gasteiger partial charge in [-0.3, -0.25) is 4.79 Å². The Labute approximate surface area is 118 Å². The van der Waals surface area contributed by atoms with Gasteiger partial charge in [-0.2, -0.15) is 19.6 Å². The lowest BCUT2D eigenvalue weighted by Crippen LogP contribution is -2.13. The molecule has 0 aliphatic heterocycles. The number of rotatable bonds is 6. The Morgan fingerprint density at radius 2 is 2.30 bits per heavy atom. The number of carbonyl (C=O) groups excluding carboxylic acids is 1. The molecule has 0 fully saturated rings. The van der Waals surface area contributed by atoms with Crippen molar-refractivity contribution in [3.05, 3.63) is 6.33 Å². The molecule has 0 radical (unpaired) electrons. The van der Waals surface area contributed by atoms with Crippen molar-refractivity contribution in [1.29, 1.82) is 0 Å². The van der Waals surface area contributed by atoms with Crippen LogP contribution >= 0.6 is 11.8 Å². The highest BCUT2D eigenvalue weighted by molar-refractivity contribution is 7.99. The number of thioether (sulfide) groups is 1. The van der Waals surface area contributed by atoms with Gasteiger partial charge in [-0.1, -0.05) is 11.8 Å². The van der Waals surface area contributed by atoms with E-state index in [0.717, 1.165) is 11.8 Å². The fraction of sp³-hybridized carbons (Fsp3) is 0.333. The largest absolute Gasteiger partial charge is 0.467 e. The Hall–Kier alpha value is -2.43. The lowest BCUT2D eigenvalue weighted by Gasteiger charge is -2.04. The smallest absolute Gasteiger partial charge is 0.322 e. The standard InChI is InChI=1S/C9H12N8O2S/c1-11-6-13-7(15-8(14-6)19-2)17-4-12-9(16-17)20-3-5(10)18/h4H,3H2,1-2H3,(H2,10,18)(H,11,13,14,15). The molecule has 0 bridgehead atoms. The summed E-state index contributed by atoms with van der Waals surface area (Å²) >= 11 is 1.13. The molecule has 0 spiro atoms. The second-order valence-corrected chi connectivity index (χ2v) is 4.36. The van der Waals surface area contributed by atoms with E-state index in [-0.39, 0.29) is 17.7 Å². The van der Waals surface area contributed by atoms with Gasteiger partial charge in [0.2, 0.25) is 17.0 Å². The molecule has 1 amide bonds. The van der Waals surface area contributed by atoms with Crippen LogP contribution in [0, 0.1) is 0 Å². The molecule has 0 unspecified atom stereocenters. The van der Waals surface area contributed by atoms with Crippen LogP contribution in [0.1, 0.15) is 0 Å². The zero-order chi connectivity index (χ0) is 14.5. The number of amides is 1. The van der Waals surface area contributed by atoms with Gasteiger partial charge >= 0.3 is 6.01 Å². The van der Waals surface area contributed by atoms with Gasteiger partial charge in [0.25, 0.3) is 5.95 Å². The molecule has 10 nitrogen and oxygen atoms in total. The van der Waals surface area contributed by atoms with Gasteiger partial charge in [-0.25, -0.2) is 4.98 Å². The molecular weight excluding hydrogens is 284 g/mol. The Bertz CT molecular complexity index is 593. The summed E-state index contributed by atoms with van der Waals surface area (Å²) in [6.07, 6.45) is 1.43. The van der Waals surface area contributed by atoms with Crippen LogP contribution in [0.3, 0.4) is 0 Å². The Kier molecular flexibility index (Phi) is 4.30. The second-order valence-electron chi connectivity index (χ2n) is 3.42. The Morgan fingerprint density at radius 1 is 1.50 bits per heavy atom. The van der Waals surface area contributed by atoms with Crippen LogP contribution in [-0.2, 0) is 4.79 Å². The first-order valence-corrected chi connectivity index (χ1v) is 6.42. The highest BCUT2D eigenvalue weighted by atomic mass is 32.2. The monoisotopic (exact) mass is 296 g/mol.